The van der Waals surface area contributed by atoms with Gasteiger partial charge in [-0.05, 0) is 118 Å². The lowest BCUT2D eigenvalue weighted by Crippen LogP contribution is -2.58. The van der Waals surface area contributed by atoms with Gasteiger partial charge in [0.25, 0.3) is 5.88 Å². The van der Waals surface area contributed by atoms with E-state index in [4.69, 9.17) is 29.7 Å². The number of phenolic OH excluding ortho intramolecular Hbond substituents is 1. The highest BCUT2D eigenvalue weighted by molar-refractivity contribution is 5.91. The number of nitrogens with two attached hydrogens (primary N) is 1. The van der Waals surface area contributed by atoms with Gasteiger partial charge in [0.2, 0.25) is 17.7 Å². The Hall–Kier alpha value is -6.81. The van der Waals surface area contributed by atoms with Gasteiger partial charge in [-0.3, -0.25) is 14.5 Å². The number of likely N-dealkylation sites (tertiary alicyclic amines) is 2. The number of pyridine rings is 1. The molecule has 4 aliphatic heterocycles. The number of carbonyl (C=O) groups is 2. The molecule has 2 aliphatic carbocycles. The third-order valence-corrected chi connectivity index (χ3v) is 17.7. The number of aromatic hydroxyl groups is 1. The maximum absolute atomic E-state index is 14.2. The van der Waals surface area contributed by atoms with Crippen molar-refractivity contribution in [3.63, 3.8) is 0 Å². The zero-order chi connectivity index (χ0) is 53.7. The Morgan fingerprint density at radius 1 is 0.870 bits per heavy atom. The van der Waals surface area contributed by atoms with Crippen molar-refractivity contribution in [2.75, 3.05) is 48.3 Å². The van der Waals surface area contributed by atoms with Gasteiger partial charge in [-0.25, -0.2) is 4.98 Å². The normalized spacial score (nSPS) is 26.4. The molecule has 18 nitrogen and oxygen atoms in total. The van der Waals surface area contributed by atoms with Gasteiger partial charge >= 0.3 is 0 Å². The van der Waals surface area contributed by atoms with Crippen molar-refractivity contribution in [3.05, 3.63) is 95.9 Å². The molecule has 5 aromatic rings. The van der Waals surface area contributed by atoms with Crippen molar-refractivity contribution in [1.29, 1.82) is 5.26 Å². The van der Waals surface area contributed by atoms with Gasteiger partial charge in [0, 0.05) is 99.2 Å². The number of aromatic amines is 1. The Bertz CT molecular complexity index is 2920. The Labute approximate surface area is 450 Å². The van der Waals surface area contributed by atoms with E-state index in [0.29, 0.717) is 46.9 Å². The number of aromatic nitrogens is 3. The van der Waals surface area contributed by atoms with Crippen LogP contribution in [0.2, 0.25) is 0 Å². The molecule has 6 atom stereocenters. The zero-order valence-electron chi connectivity index (χ0n) is 44.9. The zero-order valence-corrected chi connectivity index (χ0v) is 44.9. The van der Waals surface area contributed by atoms with Gasteiger partial charge in [-0.1, -0.05) is 38.1 Å². The van der Waals surface area contributed by atoms with Gasteiger partial charge in [-0.2, -0.15) is 5.26 Å². The van der Waals surface area contributed by atoms with Crippen LogP contribution in [-0.2, 0) is 14.3 Å². The van der Waals surface area contributed by atoms with Crippen LogP contribution in [0.25, 0.3) is 11.3 Å². The number of β-amino-alcohol motifs (C(OH)–C–C–N with tert-alkyl or cyclic N) is 1. The summed E-state index contributed by atoms with van der Waals surface area (Å²) in [6.07, 6.45) is 9.30. The Morgan fingerprint density at radius 3 is 2.27 bits per heavy atom. The minimum atomic E-state index is -0.848. The number of amides is 2. The summed E-state index contributed by atoms with van der Waals surface area (Å²) < 4.78 is 25.2. The van der Waals surface area contributed by atoms with Crippen LogP contribution in [0.1, 0.15) is 121 Å². The predicted octanol–water partition coefficient (Wildman–Crippen LogP) is 7.69. The van der Waals surface area contributed by atoms with Crippen molar-refractivity contribution >= 4 is 29.0 Å². The van der Waals surface area contributed by atoms with Gasteiger partial charge < -0.3 is 59.7 Å². The SMILES string of the molecule is CC(C)[C@@H](C(=O)N1C[C@H](O)C[C@H]1C(=O)N[C@@H](C)c1ccc(C#N)cc1)c1cc(O[C@H]2C[C@H](C(C)(C)N3CCC(O[C@H]4C[C@H](Oc5cc(N6C7CCC6CN(c6cc(-c8ccccc8O)[nH]c6N)C7)ccn5)C4)CC3)C2)no1. The molecule has 2 unspecified atom stereocenters. The first kappa shape index (κ1) is 52.3. The first-order valence-corrected chi connectivity index (χ1v) is 27.8. The number of nitriles is 1. The number of carbonyl (C=O) groups excluding carboxylic acids is 2. The van der Waals surface area contributed by atoms with E-state index in [-0.39, 0.29) is 72.4 Å². The number of ether oxygens (including phenoxy) is 3. The highest BCUT2D eigenvalue weighted by Gasteiger charge is 2.48. The summed E-state index contributed by atoms with van der Waals surface area (Å²) in [6, 6.07) is 23.9. The number of anilines is 3. The number of fused-ring (bicyclic) bond motifs is 2. The number of piperazine rings is 1. The molecule has 2 saturated carbocycles. The maximum atomic E-state index is 14.2. The van der Waals surface area contributed by atoms with E-state index in [9.17, 15) is 19.8 Å². The number of aliphatic hydroxyl groups is 1. The second-order valence-electron chi connectivity index (χ2n) is 23.4. The van der Waals surface area contributed by atoms with Crippen LogP contribution in [0.4, 0.5) is 17.2 Å². The lowest BCUT2D eigenvalue weighted by Gasteiger charge is -2.52. The van der Waals surface area contributed by atoms with Crippen LogP contribution in [0.5, 0.6) is 17.5 Å². The number of rotatable bonds is 17. The third-order valence-electron chi connectivity index (χ3n) is 17.7. The van der Waals surface area contributed by atoms with Crippen molar-refractivity contribution in [2.24, 2.45) is 11.8 Å². The van der Waals surface area contributed by atoms with E-state index in [1.807, 2.05) is 45.2 Å². The molecule has 0 spiro atoms. The fourth-order valence-electron chi connectivity index (χ4n) is 13.0. The number of hydrogen-bond donors (Lipinski definition) is 5. The number of phenols is 1. The molecule has 0 radical (unpaired) electrons. The Kier molecular flexibility index (Phi) is 14.6. The minimum absolute atomic E-state index is 0.0173. The molecule has 7 heterocycles. The molecular weight excluding hydrogens is 977 g/mol. The Balaban J connectivity index is 0.607. The van der Waals surface area contributed by atoms with Gasteiger partial charge in [0.15, 0.2) is 5.76 Å². The molecule has 4 saturated heterocycles. The number of para-hydroxylation sites is 1. The number of benzene rings is 2. The topological polar surface area (TPSA) is 232 Å². The van der Waals surface area contributed by atoms with Crippen LogP contribution in [0.3, 0.4) is 0 Å². The molecular formula is C59H74N10O8. The molecule has 11 rings (SSSR count). The summed E-state index contributed by atoms with van der Waals surface area (Å²) >= 11 is 0. The molecule has 408 valence electrons. The number of piperidine rings is 1. The van der Waals surface area contributed by atoms with Gasteiger partial charge in [0.05, 0.1) is 47.4 Å². The molecule has 18 heteroatoms. The fraction of sp³-hybridized carbons (Fsp3) is 0.542. The number of nitrogens with zero attached hydrogens (tertiary/aromatic N) is 7. The van der Waals surface area contributed by atoms with E-state index in [0.717, 1.165) is 106 Å². The van der Waals surface area contributed by atoms with E-state index < -0.39 is 18.1 Å². The lowest BCUT2D eigenvalue weighted by atomic mass is 9.69. The average Bonchev–Trinajstić information content (AvgIpc) is 4.19. The van der Waals surface area contributed by atoms with Crippen LogP contribution in [0, 0.1) is 23.2 Å². The number of hydrogen-bond acceptors (Lipinski definition) is 15. The highest BCUT2D eigenvalue weighted by atomic mass is 16.5. The predicted molar refractivity (Wildman–Crippen MR) is 290 cm³/mol. The second kappa shape index (κ2) is 21.5. The van der Waals surface area contributed by atoms with Crippen LogP contribution in [0.15, 0.2) is 83.5 Å². The quantitative estimate of drug-likeness (QED) is 0.0601. The summed E-state index contributed by atoms with van der Waals surface area (Å²) in [7, 11) is 0. The number of aliphatic hydroxyl groups excluding tert-OH is 1. The van der Waals surface area contributed by atoms with Crippen molar-refractivity contribution in [2.45, 2.75) is 159 Å². The van der Waals surface area contributed by atoms with Crippen molar-refractivity contribution < 1.29 is 38.5 Å². The largest absolute Gasteiger partial charge is 0.507 e. The molecule has 3 aromatic heterocycles. The number of nitrogen functional groups attached to an aromatic ring is 1. The highest BCUT2D eigenvalue weighted by Crippen LogP contribution is 2.45. The molecule has 6 fully saturated rings. The summed E-state index contributed by atoms with van der Waals surface area (Å²) in [4.78, 5) is 44.8. The molecule has 2 aromatic carbocycles. The summed E-state index contributed by atoms with van der Waals surface area (Å²) in [5.74, 6) is 1.11. The average molecular weight is 1050 g/mol. The maximum Gasteiger partial charge on any atom is 0.254 e. The molecule has 77 heavy (non-hydrogen) atoms. The van der Waals surface area contributed by atoms with Gasteiger partial charge in [0.1, 0.15) is 35.7 Å². The van der Waals surface area contributed by atoms with Crippen LogP contribution >= 0.6 is 0 Å². The smallest absolute Gasteiger partial charge is 0.254 e. The van der Waals surface area contributed by atoms with Crippen molar-refractivity contribution in [3.8, 4) is 34.8 Å². The second-order valence-corrected chi connectivity index (χ2v) is 23.4. The molecule has 6 aliphatic rings. The van der Waals surface area contributed by atoms with Gasteiger partial charge in [-0.15, -0.1) is 0 Å². The summed E-state index contributed by atoms with van der Waals surface area (Å²) in [6.45, 7) is 14.1. The first-order valence-electron chi connectivity index (χ1n) is 27.8. The monoisotopic (exact) mass is 1050 g/mol. The van der Waals surface area contributed by atoms with Crippen molar-refractivity contribution in [1.82, 2.24) is 30.2 Å². The third kappa shape index (κ3) is 10.8. The molecule has 6 N–H and O–H groups in total. The standard InChI is InChI=1S/C59H74N10O8/c1-34(2)55(58(73)68-33-42(70)25-50(68)57(72)63-35(3)37-12-10-36(30-60)11-13-37)52-29-54(65-77-52)76-44-22-38(23-44)59(4,5)67-20-17-43(18-21-67)74-45-26-46(27-45)75-53-24-39(16-19-62-53)69-40-14-15-41(69)32-66(31-40)49-28-48(64-56(49)61)47-8-6-7-9-51(47)71/h6-13,16,19,24,28-29,34-35,38,40-46,50,55,64,70-71H,14-15,17-18,20-23,25-27,31-33,61H2,1-5H3,(H,63,72)/t35-,38-,40?,41?,42+,44-,45-,46-,50-,55+/m0/s1. The Morgan fingerprint density at radius 2 is 1.57 bits per heavy atom. The molecule has 2 amide bonds. The van der Waals surface area contributed by atoms with E-state index in [1.54, 1.807) is 36.4 Å². The number of nitrogens with one attached hydrogen (secondary N) is 2. The van der Waals surface area contributed by atoms with Crippen LogP contribution in [-0.4, -0.2) is 134 Å². The van der Waals surface area contributed by atoms with E-state index in [1.165, 1.54) is 4.90 Å². The molecule has 2 bridgehead atoms. The van der Waals surface area contributed by atoms with Crippen LogP contribution < -0.4 is 30.3 Å². The van der Waals surface area contributed by atoms with E-state index in [2.05, 4.69) is 73.3 Å². The first-order chi connectivity index (χ1) is 37.1. The van der Waals surface area contributed by atoms with E-state index >= 15 is 0 Å². The lowest BCUT2D eigenvalue weighted by molar-refractivity contribution is -0.141. The number of H-pyrrole nitrogens is 1. The summed E-state index contributed by atoms with van der Waals surface area (Å²) in [5.41, 5.74) is 11.5. The fourth-order valence-corrected chi connectivity index (χ4v) is 13.0. The summed E-state index contributed by atoms with van der Waals surface area (Å²) in [5, 5.41) is 37.5. The minimum Gasteiger partial charge on any atom is -0.507 e.